The second-order valence-corrected chi connectivity index (χ2v) is 5.22. The van der Waals surface area contributed by atoms with Crippen molar-refractivity contribution in [2.45, 2.75) is 11.4 Å². The zero-order chi connectivity index (χ0) is 14.2. The fourth-order valence-electron chi connectivity index (χ4n) is 1.61. The van der Waals surface area contributed by atoms with E-state index in [1.807, 2.05) is 30.3 Å². The van der Waals surface area contributed by atoms with E-state index in [9.17, 15) is 4.79 Å². The number of nitrogens with two attached hydrogens (primary N) is 1. The van der Waals surface area contributed by atoms with Crippen LogP contribution >= 0.6 is 11.8 Å². The third kappa shape index (κ3) is 4.40. The van der Waals surface area contributed by atoms with Crippen LogP contribution in [0.2, 0.25) is 0 Å². The first-order valence-electron chi connectivity index (χ1n) is 6.37. The van der Waals surface area contributed by atoms with Crippen LogP contribution in [0.4, 0.5) is 0 Å². The lowest BCUT2D eigenvalue weighted by molar-refractivity contribution is 0.324. The van der Waals surface area contributed by atoms with E-state index in [-0.39, 0.29) is 5.56 Å². The van der Waals surface area contributed by atoms with Crippen molar-refractivity contribution in [2.75, 3.05) is 18.9 Å². The number of nitrogens with zero attached hydrogens (tertiary/aromatic N) is 2. The molecule has 0 spiro atoms. The smallest absolute Gasteiger partial charge is 0.270 e. The van der Waals surface area contributed by atoms with Crippen LogP contribution in [0.15, 0.2) is 52.3 Å². The van der Waals surface area contributed by atoms with Gasteiger partial charge in [0, 0.05) is 23.3 Å². The molecule has 1 aromatic carbocycles. The molecule has 2 aromatic rings. The lowest BCUT2D eigenvalue weighted by Crippen LogP contribution is -2.23. The minimum Gasteiger partial charge on any atom is -0.490 e. The van der Waals surface area contributed by atoms with Crippen molar-refractivity contribution in [3.05, 3.63) is 52.9 Å². The van der Waals surface area contributed by atoms with Crippen molar-refractivity contribution >= 4 is 11.8 Å². The Morgan fingerprint density at radius 1 is 1.30 bits per heavy atom. The molecule has 0 bridgehead atoms. The predicted octanol–water partition coefficient (Wildman–Crippen LogP) is 1.37. The Morgan fingerprint density at radius 3 is 2.80 bits per heavy atom. The van der Waals surface area contributed by atoms with Gasteiger partial charge in [-0.2, -0.15) is 5.10 Å². The van der Waals surface area contributed by atoms with Crippen LogP contribution in [0, 0.1) is 0 Å². The maximum absolute atomic E-state index is 11.8. The van der Waals surface area contributed by atoms with Gasteiger partial charge < -0.3 is 10.5 Å². The number of hydrogen-bond donors (Lipinski definition) is 1. The molecule has 5 nitrogen and oxygen atoms in total. The van der Waals surface area contributed by atoms with Crippen molar-refractivity contribution in [2.24, 2.45) is 5.73 Å². The minimum absolute atomic E-state index is 0.159. The fourth-order valence-corrected chi connectivity index (χ4v) is 2.46. The molecule has 0 aliphatic rings. The van der Waals surface area contributed by atoms with E-state index in [4.69, 9.17) is 10.5 Å². The average molecular weight is 291 g/mol. The lowest BCUT2D eigenvalue weighted by atomic mass is 10.4. The molecule has 106 valence electrons. The summed E-state index contributed by atoms with van der Waals surface area (Å²) in [5, 5.41) is 4.09. The Bertz CT molecular complexity index is 586. The molecule has 0 unspecified atom stereocenters. The third-order valence-corrected chi connectivity index (χ3v) is 3.54. The van der Waals surface area contributed by atoms with Crippen LogP contribution < -0.4 is 16.0 Å². The minimum atomic E-state index is -0.159. The van der Waals surface area contributed by atoms with Crippen molar-refractivity contribution < 1.29 is 4.74 Å². The lowest BCUT2D eigenvalue weighted by Gasteiger charge is -2.07. The summed E-state index contributed by atoms with van der Waals surface area (Å²) in [5.41, 5.74) is 5.17. The molecule has 1 heterocycles. The Kier molecular flexibility index (Phi) is 5.64. The standard InChI is InChI=1S/C14H17N3O2S/c15-6-8-19-12-10-14(18)17(16-11-12)7-9-20-13-4-2-1-3-5-13/h1-5,10-11H,6-9,15H2. The van der Waals surface area contributed by atoms with Gasteiger partial charge in [0.1, 0.15) is 12.4 Å². The SMILES string of the molecule is NCCOc1cnn(CCSc2ccccc2)c(=O)c1. The van der Waals surface area contributed by atoms with E-state index in [1.54, 1.807) is 18.0 Å². The first-order valence-corrected chi connectivity index (χ1v) is 7.36. The van der Waals surface area contributed by atoms with E-state index in [0.717, 1.165) is 5.75 Å². The molecule has 0 radical (unpaired) electrons. The molecule has 6 heteroatoms. The number of hydrogen-bond acceptors (Lipinski definition) is 5. The quantitative estimate of drug-likeness (QED) is 0.780. The number of benzene rings is 1. The number of aryl methyl sites for hydroxylation is 1. The molecule has 0 saturated heterocycles. The Balaban J connectivity index is 1.88. The summed E-state index contributed by atoms with van der Waals surface area (Å²) < 4.78 is 6.69. The Labute approximate surface area is 121 Å². The van der Waals surface area contributed by atoms with Gasteiger partial charge in [-0.05, 0) is 12.1 Å². The molecule has 0 fully saturated rings. The molecule has 0 aliphatic carbocycles. The second kappa shape index (κ2) is 7.72. The third-order valence-electron chi connectivity index (χ3n) is 2.55. The molecular weight excluding hydrogens is 274 g/mol. The van der Waals surface area contributed by atoms with E-state index >= 15 is 0 Å². The highest BCUT2D eigenvalue weighted by molar-refractivity contribution is 7.99. The van der Waals surface area contributed by atoms with Crippen molar-refractivity contribution in [3.8, 4) is 5.75 Å². The summed E-state index contributed by atoms with van der Waals surface area (Å²) in [6, 6.07) is 11.5. The molecule has 0 atom stereocenters. The van der Waals surface area contributed by atoms with Gasteiger partial charge in [0.25, 0.3) is 5.56 Å². The summed E-state index contributed by atoms with van der Waals surface area (Å²) in [5.74, 6) is 1.26. The number of rotatable bonds is 7. The maximum Gasteiger partial charge on any atom is 0.270 e. The van der Waals surface area contributed by atoms with Crippen LogP contribution in [-0.4, -0.2) is 28.7 Å². The van der Waals surface area contributed by atoms with E-state index < -0.39 is 0 Å². The largest absolute Gasteiger partial charge is 0.490 e. The molecule has 2 N–H and O–H groups in total. The highest BCUT2D eigenvalue weighted by Gasteiger charge is 2.01. The summed E-state index contributed by atoms with van der Waals surface area (Å²) in [6.45, 7) is 1.36. The molecule has 0 saturated carbocycles. The molecule has 0 aliphatic heterocycles. The van der Waals surface area contributed by atoms with Crippen LogP contribution in [0.5, 0.6) is 5.75 Å². The Hall–Kier alpha value is -1.79. The highest BCUT2D eigenvalue weighted by Crippen LogP contribution is 2.16. The van der Waals surface area contributed by atoms with E-state index in [1.165, 1.54) is 15.6 Å². The maximum atomic E-state index is 11.8. The highest BCUT2D eigenvalue weighted by atomic mass is 32.2. The molecule has 20 heavy (non-hydrogen) atoms. The summed E-state index contributed by atoms with van der Waals surface area (Å²) in [6.07, 6.45) is 1.55. The van der Waals surface area contributed by atoms with Gasteiger partial charge >= 0.3 is 0 Å². The van der Waals surface area contributed by atoms with E-state index in [0.29, 0.717) is 25.4 Å². The zero-order valence-electron chi connectivity index (χ0n) is 11.1. The summed E-state index contributed by atoms with van der Waals surface area (Å²) >= 11 is 1.69. The normalized spacial score (nSPS) is 10.4. The van der Waals surface area contributed by atoms with Crippen molar-refractivity contribution in [3.63, 3.8) is 0 Å². The first-order chi connectivity index (χ1) is 9.79. The summed E-state index contributed by atoms with van der Waals surface area (Å²) in [4.78, 5) is 13.0. The fraction of sp³-hybridized carbons (Fsp3) is 0.286. The van der Waals surface area contributed by atoms with E-state index in [2.05, 4.69) is 5.10 Å². The number of thioether (sulfide) groups is 1. The van der Waals surface area contributed by atoms with Gasteiger partial charge in [-0.15, -0.1) is 11.8 Å². The van der Waals surface area contributed by atoms with Gasteiger partial charge in [0.15, 0.2) is 0 Å². The zero-order valence-corrected chi connectivity index (χ0v) is 11.9. The molecular formula is C14H17N3O2S. The first kappa shape index (κ1) is 14.6. The van der Waals surface area contributed by atoms with Gasteiger partial charge in [-0.3, -0.25) is 4.79 Å². The summed E-state index contributed by atoms with van der Waals surface area (Å²) in [7, 11) is 0. The number of ether oxygens (including phenoxy) is 1. The van der Waals surface area contributed by atoms with Gasteiger partial charge in [0.2, 0.25) is 0 Å². The van der Waals surface area contributed by atoms with Gasteiger partial charge in [-0.25, -0.2) is 4.68 Å². The second-order valence-electron chi connectivity index (χ2n) is 4.05. The average Bonchev–Trinajstić information content (AvgIpc) is 2.48. The van der Waals surface area contributed by atoms with Gasteiger partial charge in [0.05, 0.1) is 12.7 Å². The van der Waals surface area contributed by atoms with Gasteiger partial charge in [-0.1, -0.05) is 18.2 Å². The van der Waals surface area contributed by atoms with Crippen molar-refractivity contribution in [1.29, 1.82) is 0 Å². The monoisotopic (exact) mass is 291 g/mol. The van der Waals surface area contributed by atoms with Crippen molar-refractivity contribution in [1.82, 2.24) is 9.78 Å². The molecule has 0 amide bonds. The number of aromatic nitrogens is 2. The van der Waals surface area contributed by atoms with Crippen LogP contribution in [0.25, 0.3) is 0 Å². The van der Waals surface area contributed by atoms with Crippen LogP contribution in [0.1, 0.15) is 0 Å². The Morgan fingerprint density at radius 2 is 2.10 bits per heavy atom. The molecule has 1 aromatic heterocycles. The molecule has 2 rings (SSSR count). The predicted molar refractivity (Wildman–Crippen MR) is 80.2 cm³/mol. The topological polar surface area (TPSA) is 70.1 Å². The van der Waals surface area contributed by atoms with Crippen LogP contribution in [0.3, 0.4) is 0 Å². The van der Waals surface area contributed by atoms with Crippen LogP contribution in [-0.2, 0) is 6.54 Å².